The third kappa shape index (κ3) is 4.79. The van der Waals surface area contributed by atoms with Crippen LogP contribution in [0.25, 0.3) is 0 Å². The fraction of sp³-hybridized carbons (Fsp3) is 0.188. The van der Waals surface area contributed by atoms with Crippen molar-refractivity contribution in [1.29, 1.82) is 0 Å². The molecule has 0 unspecified atom stereocenters. The van der Waals surface area contributed by atoms with E-state index in [9.17, 15) is 4.79 Å². The summed E-state index contributed by atoms with van der Waals surface area (Å²) in [4.78, 5) is 11.9. The maximum absolute atomic E-state index is 11.9. The number of ether oxygens (including phenoxy) is 1. The number of nitrogen functional groups attached to an aromatic ring is 1. The van der Waals surface area contributed by atoms with Crippen LogP contribution < -0.4 is 15.8 Å². The molecule has 0 spiro atoms. The summed E-state index contributed by atoms with van der Waals surface area (Å²) in [5, 5.41) is 2.87. The van der Waals surface area contributed by atoms with Crippen LogP contribution in [0.4, 0.5) is 11.4 Å². The number of nitrogens with one attached hydrogen (secondary N) is 1. The second-order valence-electron chi connectivity index (χ2n) is 4.68. The number of carbonyl (C=O) groups is 1. The highest BCUT2D eigenvalue weighted by Gasteiger charge is 2.05. The molecule has 0 aliphatic rings. The number of nitrogens with two attached hydrogens (primary N) is 1. The Kier molecular flexibility index (Phi) is 5.22. The molecule has 0 saturated heterocycles. The molecule has 1 amide bonds. The third-order valence-electron chi connectivity index (χ3n) is 2.92. The van der Waals surface area contributed by atoms with Crippen molar-refractivity contribution in [3.63, 3.8) is 0 Å². The van der Waals surface area contributed by atoms with Crippen LogP contribution in [0.3, 0.4) is 0 Å². The van der Waals surface area contributed by atoms with Gasteiger partial charge in [0.2, 0.25) is 5.91 Å². The van der Waals surface area contributed by atoms with Gasteiger partial charge in [-0.2, -0.15) is 0 Å². The molecule has 0 bridgehead atoms. The van der Waals surface area contributed by atoms with Gasteiger partial charge < -0.3 is 15.8 Å². The molecule has 0 radical (unpaired) electrons. The van der Waals surface area contributed by atoms with Gasteiger partial charge in [-0.25, -0.2) is 0 Å². The summed E-state index contributed by atoms with van der Waals surface area (Å²) in [5.74, 6) is 0.590. The number of halogens is 1. The van der Waals surface area contributed by atoms with E-state index in [-0.39, 0.29) is 12.3 Å². The molecule has 2 aromatic rings. The van der Waals surface area contributed by atoms with Crippen LogP contribution in [0.1, 0.15) is 12.0 Å². The van der Waals surface area contributed by atoms with Crippen LogP contribution in [0, 0.1) is 6.92 Å². The Morgan fingerprint density at radius 3 is 2.81 bits per heavy atom. The SMILES string of the molecule is Cc1cc(Br)ccc1NC(=O)CCOc1cccc(N)c1. The minimum atomic E-state index is -0.0793. The first kappa shape index (κ1) is 15.4. The van der Waals surface area contributed by atoms with E-state index in [0.717, 1.165) is 15.7 Å². The summed E-state index contributed by atoms with van der Waals surface area (Å²) in [6.07, 6.45) is 0.282. The van der Waals surface area contributed by atoms with Crippen LogP contribution in [-0.4, -0.2) is 12.5 Å². The highest BCUT2D eigenvalue weighted by atomic mass is 79.9. The van der Waals surface area contributed by atoms with Gasteiger partial charge in [-0.1, -0.05) is 22.0 Å². The zero-order valence-corrected chi connectivity index (χ0v) is 13.3. The van der Waals surface area contributed by atoms with Crippen LogP contribution in [0.5, 0.6) is 5.75 Å². The highest BCUT2D eigenvalue weighted by molar-refractivity contribution is 9.10. The molecule has 2 aromatic carbocycles. The molecule has 0 fully saturated rings. The Morgan fingerprint density at radius 2 is 2.10 bits per heavy atom. The molecule has 0 aliphatic carbocycles. The Morgan fingerprint density at radius 1 is 1.29 bits per heavy atom. The van der Waals surface area contributed by atoms with Gasteiger partial charge in [0.15, 0.2) is 0 Å². The summed E-state index contributed by atoms with van der Waals surface area (Å²) in [5.41, 5.74) is 8.12. The van der Waals surface area contributed by atoms with Gasteiger partial charge in [0, 0.05) is 21.9 Å². The fourth-order valence-corrected chi connectivity index (χ4v) is 2.32. The van der Waals surface area contributed by atoms with Gasteiger partial charge in [-0.15, -0.1) is 0 Å². The molecule has 5 heteroatoms. The second kappa shape index (κ2) is 7.13. The lowest BCUT2D eigenvalue weighted by molar-refractivity contribution is -0.116. The van der Waals surface area contributed by atoms with E-state index in [2.05, 4.69) is 21.2 Å². The number of amides is 1. The van der Waals surface area contributed by atoms with Crippen LogP contribution in [0.15, 0.2) is 46.9 Å². The minimum Gasteiger partial charge on any atom is -0.493 e. The van der Waals surface area contributed by atoms with Crippen molar-refractivity contribution >= 4 is 33.2 Å². The molecular formula is C16H17BrN2O2. The van der Waals surface area contributed by atoms with E-state index in [1.54, 1.807) is 12.1 Å². The summed E-state index contributed by atoms with van der Waals surface area (Å²) in [6, 6.07) is 12.9. The molecule has 2 rings (SSSR count). The van der Waals surface area contributed by atoms with E-state index in [1.807, 2.05) is 37.3 Å². The summed E-state index contributed by atoms with van der Waals surface area (Å²) >= 11 is 3.39. The van der Waals surface area contributed by atoms with Gasteiger partial charge in [0.25, 0.3) is 0 Å². The Balaban J connectivity index is 1.82. The zero-order valence-electron chi connectivity index (χ0n) is 11.7. The molecule has 21 heavy (non-hydrogen) atoms. The van der Waals surface area contributed by atoms with Crippen LogP contribution in [-0.2, 0) is 4.79 Å². The lowest BCUT2D eigenvalue weighted by atomic mass is 10.2. The van der Waals surface area contributed by atoms with Gasteiger partial charge in [-0.05, 0) is 42.8 Å². The lowest BCUT2D eigenvalue weighted by Gasteiger charge is -2.10. The molecule has 0 atom stereocenters. The monoisotopic (exact) mass is 348 g/mol. The first-order valence-corrected chi connectivity index (χ1v) is 7.38. The Bertz CT molecular complexity index is 644. The predicted octanol–water partition coefficient (Wildman–Crippen LogP) is 3.75. The average molecular weight is 349 g/mol. The number of aryl methyl sites for hydroxylation is 1. The predicted molar refractivity (Wildman–Crippen MR) is 88.5 cm³/mol. The zero-order chi connectivity index (χ0) is 15.2. The first-order valence-electron chi connectivity index (χ1n) is 6.59. The standard InChI is InChI=1S/C16H17BrN2O2/c1-11-9-12(17)5-6-15(11)19-16(20)7-8-21-14-4-2-3-13(18)10-14/h2-6,9-10H,7-8,18H2,1H3,(H,19,20). The minimum absolute atomic E-state index is 0.0793. The smallest absolute Gasteiger partial charge is 0.227 e. The quantitative estimate of drug-likeness (QED) is 0.808. The van der Waals surface area contributed by atoms with Crippen molar-refractivity contribution in [1.82, 2.24) is 0 Å². The first-order chi connectivity index (χ1) is 10.0. The van der Waals surface area contributed by atoms with Gasteiger partial charge >= 0.3 is 0 Å². The molecule has 110 valence electrons. The number of hydrogen-bond acceptors (Lipinski definition) is 3. The fourth-order valence-electron chi connectivity index (χ4n) is 1.85. The van der Waals surface area contributed by atoms with Crippen molar-refractivity contribution in [2.45, 2.75) is 13.3 Å². The molecule has 0 saturated carbocycles. The largest absolute Gasteiger partial charge is 0.493 e. The van der Waals surface area contributed by atoms with Gasteiger partial charge in [0.1, 0.15) is 5.75 Å². The van der Waals surface area contributed by atoms with E-state index in [1.165, 1.54) is 0 Å². The normalized spacial score (nSPS) is 10.2. The average Bonchev–Trinajstić information content (AvgIpc) is 2.42. The van der Waals surface area contributed by atoms with Crippen LogP contribution >= 0.6 is 15.9 Å². The Hall–Kier alpha value is -2.01. The molecule has 0 aliphatic heterocycles. The summed E-state index contributed by atoms with van der Waals surface area (Å²) in [7, 11) is 0. The molecular weight excluding hydrogens is 332 g/mol. The van der Waals surface area contributed by atoms with E-state index in [4.69, 9.17) is 10.5 Å². The maximum atomic E-state index is 11.9. The molecule has 3 N–H and O–H groups in total. The number of hydrogen-bond donors (Lipinski definition) is 2. The van der Waals surface area contributed by atoms with E-state index >= 15 is 0 Å². The van der Waals surface area contributed by atoms with Crippen molar-refractivity contribution in [2.24, 2.45) is 0 Å². The maximum Gasteiger partial charge on any atom is 0.227 e. The topological polar surface area (TPSA) is 64.3 Å². The van der Waals surface area contributed by atoms with Crippen molar-refractivity contribution < 1.29 is 9.53 Å². The number of rotatable bonds is 5. The number of anilines is 2. The summed E-state index contributed by atoms with van der Waals surface area (Å²) < 4.78 is 6.49. The molecule has 0 aromatic heterocycles. The third-order valence-corrected chi connectivity index (χ3v) is 3.41. The van der Waals surface area contributed by atoms with Gasteiger partial charge in [-0.3, -0.25) is 4.79 Å². The molecule has 4 nitrogen and oxygen atoms in total. The van der Waals surface area contributed by atoms with Crippen LogP contribution in [0.2, 0.25) is 0 Å². The van der Waals surface area contributed by atoms with E-state index < -0.39 is 0 Å². The molecule has 0 heterocycles. The van der Waals surface area contributed by atoms with Crippen molar-refractivity contribution in [3.05, 3.63) is 52.5 Å². The van der Waals surface area contributed by atoms with Crippen molar-refractivity contribution in [2.75, 3.05) is 17.7 Å². The van der Waals surface area contributed by atoms with Gasteiger partial charge in [0.05, 0.1) is 13.0 Å². The van der Waals surface area contributed by atoms with E-state index in [0.29, 0.717) is 18.0 Å². The lowest BCUT2D eigenvalue weighted by Crippen LogP contribution is -2.15. The number of carbonyl (C=O) groups excluding carboxylic acids is 1. The highest BCUT2D eigenvalue weighted by Crippen LogP contribution is 2.20. The van der Waals surface area contributed by atoms with Crippen molar-refractivity contribution in [3.8, 4) is 5.75 Å². The number of benzene rings is 2. The summed E-state index contributed by atoms with van der Waals surface area (Å²) in [6.45, 7) is 2.26. The second-order valence-corrected chi connectivity index (χ2v) is 5.59. The Labute approximate surface area is 132 Å².